The third kappa shape index (κ3) is 5.35. The molecule has 0 spiro atoms. The molecule has 0 aliphatic carbocycles. The van der Waals surface area contributed by atoms with Gasteiger partial charge in [-0.25, -0.2) is 0 Å². The van der Waals surface area contributed by atoms with Crippen molar-refractivity contribution in [2.45, 2.75) is 44.7 Å². The highest BCUT2D eigenvalue weighted by Gasteiger charge is 2.11. The Morgan fingerprint density at radius 1 is 1.28 bits per heavy atom. The van der Waals surface area contributed by atoms with E-state index in [9.17, 15) is 0 Å². The molecule has 0 amide bonds. The largest absolute Gasteiger partial charge is 0.329 e. The van der Waals surface area contributed by atoms with Gasteiger partial charge in [0.2, 0.25) is 0 Å². The SMILES string of the molecule is C#CC(CCC)NC(CN)CCc1ccccc1. The number of benzene rings is 1. The summed E-state index contributed by atoms with van der Waals surface area (Å²) in [5, 5.41) is 3.46. The topological polar surface area (TPSA) is 38.0 Å². The molecule has 18 heavy (non-hydrogen) atoms. The van der Waals surface area contributed by atoms with Crippen molar-refractivity contribution in [2.75, 3.05) is 6.54 Å². The molecule has 0 bridgehead atoms. The van der Waals surface area contributed by atoms with Crippen LogP contribution in [0.15, 0.2) is 30.3 Å². The fraction of sp³-hybridized carbons (Fsp3) is 0.500. The zero-order valence-corrected chi connectivity index (χ0v) is 11.2. The highest BCUT2D eigenvalue weighted by molar-refractivity contribution is 5.15. The number of nitrogens with two attached hydrogens (primary N) is 1. The molecule has 0 saturated heterocycles. The van der Waals surface area contributed by atoms with Gasteiger partial charge in [0, 0.05) is 12.6 Å². The van der Waals surface area contributed by atoms with E-state index in [1.807, 2.05) is 6.07 Å². The number of rotatable bonds is 8. The van der Waals surface area contributed by atoms with Crippen molar-refractivity contribution in [2.24, 2.45) is 5.73 Å². The second-order valence-electron chi connectivity index (χ2n) is 4.63. The van der Waals surface area contributed by atoms with Crippen LogP contribution >= 0.6 is 0 Å². The highest BCUT2D eigenvalue weighted by atomic mass is 15.0. The van der Waals surface area contributed by atoms with Crippen molar-refractivity contribution in [1.29, 1.82) is 0 Å². The molecular weight excluding hydrogens is 220 g/mol. The van der Waals surface area contributed by atoms with Gasteiger partial charge in [-0.15, -0.1) is 6.42 Å². The second kappa shape index (κ2) is 8.74. The van der Waals surface area contributed by atoms with Gasteiger partial charge in [0.15, 0.2) is 0 Å². The van der Waals surface area contributed by atoms with Gasteiger partial charge in [-0.05, 0) is 24.8 Å². The predicted octanol–water partition coefficient (Wildman–Crippen LogP) is 2.34. The molecule has 1 rings (SSSR count). The zero-order valence-electron chi connectivity index (χ0n) is 11.2. The Balaban J connectivity index is 2.40. The van der Waals surface area contributed by atoms with Crippen molar-refractivity contribution in [3.8, 4) is 12.3 Å². The smallest absolute Gasteiger partial charge is 0.0689 e. The van der Waals surface area contributed by atoms with Crippen LogP contribution in [0.3, 0.4) is 0 Å². The zero-order chi connectivity index (χ0) is 13.2. The van der Waals surface area contributed by atoms with Crippen LogP contribution in [0.4, 0.5) is 0 Å². The Morgan fingerprint density at radius 3 is 2.56 bits per heavy atom. The molecule has 0 radical (unpaired) electrons. The molecule has 98 valence electrons. The number of nitrogens with one attached hydrogen (secondary N) is 1. The fourth-order valence-electron chi connectivity index (χ4n) is 2.04. The summed E-state index contributed by atoms with van der Waals surface area (Å²) in [6.45, 7) is 2.78. The van der Waals surface area contributed by atoms with E-state index in [0.717, 1.165) is 25.7 Å². The Labute approximate surface area is 111 Å². The standard InChI is InChI=1S/C16H24N2/c1-3-8-15(4-2)18-16(13-17)12-11-14-9-6-5-7-10-14/h2,5-7,9-10,15-16,18H,3,8,11-13,17H2,1H3. The summed E-state index contributed by atoms with van der Waals surface area (Å²) in [5.74, 6) is 2.80. The van der Waals surface area contributed by atoms with Crippen molar-refractivity contribution < 1.29 is 0 Å². The first kappa shape index (κ1) is 14.8. The number of hydrogen-bond acceptors (Lipinski definition) is 2. The minimum Gasteiger partial charge on any atom is -0.329 e. The monoisotopic (exact) mass is 244 g/mol. The van der Waals surface area contributed by atoms with E-state index >= 15 is 0 Å². The Bertz CT molecular complexity index is 353. The Hall–Kier alpha value is -1.30. The lowest BCUT2D eigenvalue weighted by Gasteiger charge is -2.21. The van der Waals surface area contributed by atoms with Crippen molar-refractivity contribution in [1.82, 2.24) is 5.32 Å². The van der Waals surface area contributed by atoms with E-state index < -0.39 is 0 Å². The lowest BCUT2D eigenvalue weighted by molar-refractivity contribution is 0.440. The summed E-state index contributed by atoms with van der Waals surface area (Å²) in [4.78, 5) is 0. The van der Waals surface area contributed by atoms with Crippen LogP contribution in [0.5, 0.6) is 0 Å². The first-order chi connectivity index (χ1) is 8.80. The normalized spacial score (nSPS) is 13.8. The van der Waals surface area contributed by atoms with E-state index in [1.165, 1.54) is 5.56 Å². The van der Waals surface area contributed by atoms with Crippen molar-refractivity contribution >= 4 is 0 Å². The van der Waals surface area contributed by atoms with Crippen molar-refractivity contribution in [3.05, 3.63) is 35.9 Å². The lowest BCUT2D eigenvalue weighted by Crippen LogP contribution is -2.42. The minimum absolute atomic E-state index is 0.152. The summed E-state index contributed by atoms with van der Waals surface area (Å²) in [6.07, 6.45) is 9.69. The molecule has 2 unspecified atom stereocenters. The summed E-state index contributed by atoms with van der Waals surface area (Å²) in [5.41, 5.74) is 7.16. The molecule has 2 nitrogen and oxygen atoms in total. The number of terminal acetylenes is 1. The third-order valence-corrected chi connectivity index (χ3v) is 3.12. The van der Waals surface area contributed by atoms with Crippen LogP contribution in [0.25, 0.3) is 0 Å². The Morgan fingerprint density at radius 2 is 2.00 bits per heavy atom. The maximum absolute atomic E-state index is 5.80. The van der Waals surface area contributed by atoms with Crippen LogP contribution in [-0.4, -0.2) is 18.6 Å². The third-order valence-electron chi connectivity index (χ3n) is 3.12. The summed E-state index contributed by atoms with van der Waals surface area (Å²) in [6, 6.07) is 10.9. The summed E-state index contributed by atoms with van der Waals surface area (Å²) in [7, 11) is 0. The average molecular weight is 244 g/mol. The van der Waals surface area contributed by atoms with E-state index in [-0.39, 0.29) is 6.04 Å². The molecule has 1 aromatic rings. The molecule has 3 N–H and O–H groups in total. The first-order valence-electron chi connectivity index (χ1n) is 6.76. The number of hydrogen-bond donors (Lipinski definition) is 2. The molecule has 1 aromatic carbocycles. The lowest BCUT2D eigenvalue weighted by atomic mass is 10.0. The first-order valence-corrected chi connectivity index (χ1v) is 6.76. The van der Waals surface area contributed by atoms with Gasteiger partial charge >= 0.3 is 0 Å². The Kier molecular flexibility index (Phi) is 7.17. The summed E-state index contributed by atoms with van der Waals surface area (Å²) >= 11 is 0. The average Bonchev–Trinajstić information content (AvgIpc) is 2.43. The molecule has 2 atom stereocenters. The molecule has 0 saturated carbocycles. The number of aryl methyl sites for hydroxylation is 1. The molecule has 0 aromatic heterocycles. The quantitative estimate of drug-likeness (QED) is 0.689. The van der Waals surface area contributed by atoms with E-state index in [1.54, 1.807) is 0 Å². The van der Waals surface area contributed by atoms with Crippen LogP contribution in [-0.2, 0) is 6.42 Å². The summed E-state index contributed by atoms with van der Waals surface area (Å²) < 4.78 is 0. The molecule has 0 aliphatic heterocycles. The van der Waals surface area contributed by atoms with Crippen LogP contribution < -0.4 is 11.1 Å². The van der Waals surface area contributed by atoms with Crippen LogP contribution in [0, 0.1) is 12.3 Å². The fourth-order valence-corrected chi connectivity index (χ4v) is 2.04. The molecular formula is C16H24N2. The second-order valence-corrected chi connectivity index (χ2v) is 4.63. The van der Waals surface area contributed by atoms with Gasteiger partial charge in [0.05, 0.1) is 6.04 Å². The maximum atomic E-state index is 5.80. The van der Waals surface area contributed by atoms with E-state index in [0.29, 0.717) is 12.6 Å². The van der Waals surface area contributed by atoms with Gasteiger partial charge in [-0.1, -0.05) is 49.6 Å². The minimum atomic E-state index is 0.152. The van der Waals surface area contributed by atoms with Gasteiger partial charge in [0.25, 0.3) is 0 Å². The van der Waals surface area contributed by atoms with Gasteiger partial charge < -0.3 is 5.73 Å². The highest BCUT2D eigenvalue weighted by Crippen LogP contribution is 2.06. The molecule has 2 heteroatoms. The van der Waals surface area contributed by atoms with Crippen LogP contribution in [0.2, 0.25) is 0 Å². The predicted molar refractivity (Wildman–Crippen MR) is 78.3 cm³/mol. The maximum Gasteiger partial charge on any atom is 0.0689 e. The molecule has 0 aliphatic rings. The van der Waals surface area contributed by atoms with Gasteiger partial charge in [0.1, 0.15) is 0 Å². The van der Waals surface area contributed by atoms with E-state index in [4.69, 9.17) is 12.2 Å². The molecule has 0 fully saturated rings. The van der Waals surface area contributed by atoms with Crippen molar-refractivity contribution in [3.63, 3.8) is 0 Å². The van der Waals surface area contributed by atoms with Gasteiger partial charge in [-0.3, -0.25) is 5.32 Å². The molecule has 0 heterocycles. The van der Waals surface area contributed by atoms with Crippen LogP contribution in [0.1, 0.15) is 31.7 Å². The van der Waals surface area contributed by atoms with Gasteiger partial charge in [-0.2, -0.15) is 0 Å². The van der Waals surface area contributed by atoms with E-state index in [2.05, 4.69) is 42.4 Å².